The van der Waals surface area contributed by atoms with Crippen LogP contribution in [0.1, 0.15) is 51.4 Å². The Labute approximate surface area is 80.0 Å². The van der Waals surface area contributed by atoms with Gasteiger partial charge in [0, 0.05) is 0 Å². The van der Waals surface area contributed by atoms with Crippen molar-refractivity contribution in [1.82, 2.24) is 0 Å². The first-order chi connectivity index (χ1) is 6.25. The number of rotatable bonds is 0. The van der Waals surface area contributed by atoms with Crippen LogP contribution in [0.4, 0.5) is 0 Å². The Morgan fingerprint density at radius 1 is 0.846 bits per heavy atom. The highest BCUT2D eigenvalue weighted by Crippen LogP contribution is 2.47. The highest BCUT2D eigenvalue weighted by molar-refractivity contribution is 4.95. The van der Waals surface area contributed by atoms with E-state index in [1.807, 2.05) is 0 Å². The molecular weight excluding hydrogens is 164 g/mol. The van der Waals surface area contributed by atoms with Crippen LogP contribution in [0.3, 0.4) is 0 Å². The normalized spacial score (nSPS) is 39.2. The van der Waals surface area contributed by atoms with Gasteiger partial charge in [0.25, 0.3) is 0 Å². The van der Waals surface area contributed by atoms with Gasteiger partial charge < -0.3 is 10.2 Å². The van der Waals surface area contributed by atoms with Gasteiger partial charge >= 0.3 is 0 Å². The molecule has 0 amide bonds. The van der Waals surface area contributed by atoms with Gasteiger partial charge in [-0.15, -0.1) is 0 Å². The number of hydrogen-bond acceptors (Lipinski definition) is 2. The Balaban J connectivity index is 2.09. The molecule has 0 aromatic rings. The molecule has 2 aliphatic carbocycles. The monoisotopic (exact) mass is 184 g/mol. The number of aliphatic hydroxyl groups is 2. The van der Waals surface area contributed by atoms with Gasteiger partial charge in [0.05, 0.1) is 12.2 Å². The lowest BCUT2D eigenvalue weighted by Gasteiger charge is -2.46. The minimum absolute atomic E-state index is 0.0932. The first-order valence-corrected chi connectivity index (χ1v) is 5.61. The number of hydrogen-bond donors (Lipinski definition) is 2. The molecule has 2 fully saturated rings. The molecule has 0 aromatic carbocycles. The Morgan fingerprint density at radius 3 is 2.15 bits per heavy atom. The van der Waals surface area contributed by atoms with E-state index in [0.29, 0.717) is 0 Å². The van der Waals surface area contributed by atoms with Crippen LogP contribution >= 0.6 is 0 Å². The molecule has 0 bridgehead atoms. The van der Waals surface area contributed by atoms with E-state index in [-0.39, 0.29) is 5.41 Å². The summed E-state index contributed by atoms with van der Waals surface area (Å²) >= 11 is 0. The maximum atomic E-state index is 10.0. The Bertz CT molecular complexity index is 167. The predicted molar refractivity (Wildman–Crippen MR) is 51.4 cm³/mol. The Kier molecular flexibility index (Phi) is 2.61. The summed E-state index contributed by atoms with van der Waals surface area (Å²) in [6.07, 6.45) is 8.18. The van der Waals surface area contributed by atoms with Crippen LogP contribution in [0.2, 0.25) is 0 Å². The molecule has 1 spiro atoms. The molecule has 0 aromatic heterocycles. The molecule has 0 aliphatic heterocycles. The van der Waals surface area contributed by atoms with Crippen molar-refractivity contribution in [2.45, 2.75) is 63.6 Å². The smallest absolute Gasteiger partial charge is 0.0855 e. The van der Waals surface area contributed by atoms with Crippen LogP contribution in [0.5, 0.6) is 0 Å². The first kappa shape index (κ1) is 9.47. The van der Waals surface area contributed by atoms with Crippen molar-refractivity contribution < 1.29 is 10.2 Å². The molecule has 2 nitrogen and oxygen atoms in total. The third-order valence-electron chi connectivity index (χ3n) is 4.02. The third-order valence-corrected chi connectivity index (χ3v) is 4.02. The SMILES string of the molecule is O[C@@H]1[C@@H](O)CCCC12CCCCC2. The lowest BCUT2D eigenvalue weighted by Crippen LogP contribution is -2.47. The minimum Gasteiger partial charge on any atom is -0.390 e. The van der Waals surface area contributed by atoms with Gasteiger partial charge in [0.15, 0.2) is 0 Å². The van der Waals surface area contributed by atoms with Crippen molar-refractivity contribution in [3.05, 3.63) is 0 Å². The van der Waals surface area contributed by atoms with Crippen molar-refractivity contribution in [2.75, 3.05) is 0 Å². The van der Waals surface area contributed by atoms with Gasteiger partial charge in [0.2, 0.25) is 0 Å². The lowest BCUT2D eigenvalue weighted by molar-refractivity contribution is -0.110. The summed E-state index contributed by atoms with van der Waals surface area (Å²) in [5.74, 6) is 0. The van der Waals surface area contributed by atoms with Crippen LogP contribution in [0.25, 0.3) is 0 Å². The average molecular weight is 184 g/mol. The predicted octanol–water partition coefficient (Wildman–Crippen LogP) is 1.84. The molecule has 0 saturated heterocycles. The quantitative estimate of drug-likeness (QED) is 0.603. The van der Waals surface area contributed by atoms with Gasteiger partial charge in [-0.1, -0.05) is 25.7 Å². The molecule has 0 unspecified atom stereocenters. The van der Waals surface area contributed by atoms with E-state index in [0.717, 1.165) is 32.1 Å². The van der Waals surface area contributed by atoms with Gasteiger partial charge in [-0.2, -0.15) is 0 Å². The molecular formula is C11H20O2. The second-order valence-corrected chi connectivity index (χ2v) is 4.83. The summed E-state index contributed by atoms with van der Waals surface area (Å²) in [5, 5.41) is 19.6. The maximum absolute atomic E-state index is 10.0. The van der Waals surface area contributed by atoms with Crippen LogP contribution in [0.15, 0.2) is 0 Å². The first-order valence-electron chi connectivity index (χ1n) is 5.61. The molecule has 2 N–H and O–H groups in total. The Hall–Kier alpha value is -0.0800. The fourth-order valence-electron chi connectivity index (χ4n) is 3.18. The fourth-order valence-corrected chi connectivity index (χ4v) is 3.18. The molecule has 2 atom stereocenters. The standard InChI is InChI=1S/C11H20O2/c12-9-5-4-8-11(10(9)13)6-2-1-3-7-11/h9-10,12-13H,1-8H2/t9-,10+/m0/s1. The largest absolute Gasteiger partial charge is 0.390 e. The highest BCUT2D eigenvalue weighted by atomic mass is 16.3. The van der Waals surface area contributed by atoms with E-state index < -0.39 is 12.2 Å². The Morgan fingerprint density at radius 2 is 1.46 bits per heavy atom. The summed E-state index contributed by atoms with van der Waals surface area (Å²) in [5.41, 5.74) is 0.0932. The van der Waals surface area contributed by atoms with Gasteiger partial charge in [-0.25, -0.2) is 0 Å². The van der Waals surface area contributed by atoms with Crippen LogP contribution in [-0.2, 0) is 0 Å². The lowest BCUT2D eigenvalue weighted by atomic mass is 9.63. The minimum atomic E-state index is -0.452. The average Bonchev–Trinajstić information content (AvgIpc) is 2.16. The van der Waals surface area contributed by atoms with E-state index in [2.05, 4.69) is 0 Å². The van der Waals surface area contributed by atoms with E-state index in [4.69, 9.17) is 0 Å². The molecule has 2 heteroatoms. The van der Waals surface area contributed by atoms with E-state index >= 15 is 0 Å². The van der Waals surface area contributed by atoms with Crippen LogP contribution in [-0.4, -0.2) is 22.4 Å². The van der Waals surface area contributed by atoms with E-state index in [9.17, 15) is 10.2 Å². The molecule has 2 aliphatic rings. The van der Waals surface area contributed by atoms with Crippen molar-refractivity contribution in [2.24, 2.45) is 5.41 Å². The van der Waals surface area contributed by atoms with Gasteiger partial charge in [-0.05, 0) is 31.1 Å². The zero-order valence-electron chi connectivity index (χ0n) is 8.21. The summed E-state index contributed by atoms with van der Waals surface area (Å²) in [6, 6.07) is 0. The number of aliphatic hydroxyl groups excluding tert-OH is 2. The molecule has 0 radical (unpaired) electrons. The maximum Gasteiger partial charge on any atom is 0.0855 e. The fraction of sp³-hybridized carbons (Fsp3) is 1.00. The van der Waals surface area contributed by atoms with Crippen LogP contribution in [0, 0.1) is 5.41 Å². The third kappa shape index (κ3) is 1.62. The van der Waals surface area contributed by atoms with Crippen LogP contribution < -0.4 is 0 Å². The van der Waals surface area contributed by atoms with Crippen molar-refractivity contribution in [3.63, 3.8) is 0 Å². The van der Waals surface area contributed by atoms with E-state index in [1.165, 1.54) is 19.3 Å². The van der Waals surface area contributed by atoms with Crippen molar-refractivity contribution in [1.29, 1.82) is 0 Å². The van der Waals surface area contributed by atoms with Gasteiger partial charge in [0.1, 0.15) is 0 Å². The highest BCUT2D eigenvalue weighted by Gasteiger charge is 2.44. The van der Waals surface area contributed by atoms with E-state index in [1.54, 1.807) is 0 Å². The molecule has 13 heavy (non-hydrogen) atoms. The van der Waals surface area contributed by atoms with Gasteiger partial charge in [-0.3, -0.25) is 0 Å². The second-order valence-electron chi connectivity index (χ2n) is 4.83. The second kappa shape index (κ2) is 3.58. The molecule has 2 saturated carbocycles. The summed E-state index contributed by atoms with van der Waals surface area (Å²) < 4.78 is 0. The summed E-state index contributed by atoms with van der Waals surface area (Å²) in [6.45, 7) is 0. The van der Waals surface area contributed by atoms with Crippen molar-refractivity contribution in [3.8, 4) is 0 Å². The topological polar surface area (TPSA) is 40.5 Å². The zero-order valence-corrected chi connectivity index (χ0v) is 8.21. The molecule has 76 valence electrons. The zero-order chi connectivity index (χ0) is 9.31. The summed E-state index contributed by atoms with van der Waals surface area (Å²) in [4.78, 5) is 0. The molecule has 2 rings (SSSR count). The molecule has 0 heterocycles. The van der Waals surface area contributed by atoms with Crippen molar-refractivity contribution >= 4 is 0 Å². The summed E-state index contributed by atoms with van der Waals surface area (Å²) in [7, 11) is 0.